The van der Waals surface area contributed by atoms with Gasteiger partial charge in [-0.05, 0) is 49.3 Å². The van der Waals surface area contributed by atoms with E-state index in [0.717, 1.165) is 32.4 Å². The fraction of sp³-hybridized carbons (Fsp3) is 0.533. The average Bonchev–Trinajstić information content (AvgIpc) is 2.86. The molecule has 3 atom stereocenters. The highest BCUT2D eigenvalue weighted by molar-refractivity contribution is 6.35. The Morgan fingerprint density at radius 2 is 2.00 bits per heavy atom. The number of urea groups is 1. The zero-order valence-electron chi connectivity index (χ0n) is 11.7. The Morgan fingerprint density at radius 3 is 2.81 bits per heavy atom. The lowest BCUT2D eigenvalue weighted by molar-refractivity contribution is 0.220. The molecular weight excluding hydrogens is 309 g/mol. The summed E-state index contributed by atoms with van der Waals surface area (Å²) in [6.45, 7) is 1.59. The third-order valence-corrected chi connectivity index (χ3v) is 5.11. The number of likely N-dealkylation sites (tertiary alicyclic amines) is 1. The maximum absolute atomic E-state index is 12.4. The van der Waals surface area contributed by atoms with Crippen molar-refractivity contribution in [2.75, 3.05) is 18.4 Å². The topological polar surface area (TPSA) is 58.4 Å². The van der Waals surface area contributed by atoms with Crippen molar-refractivity contribution >= 4 is 34.9 Å². The van der Waals surface area contributed by atoms with Crippen molar-refractivity contribution in [1.29, 1.82) is 0 Å². The van der Waals surface area contributed by atoms with Crippen molar-refractivity contribution in [3.63, 3.8) is 0 Å². The molecule has 0 aromatic heterocycles. The Hall–Kier alpha value is -0.970. The quantitative estimate of drug-likeness (QED) is 0.828. The Kier molecular flexibility index (Phi) is 4.29. The molecule has 0 spiro atoms. The zero-order chi connectivity index (χ0) is 15.0. The molecule has 1 aromatic carbocycles. The zero-order valence-corrected chi connectivity index (χ0v) is 13.2. The lowest BCUT2D eigenvalue weighted by Crippen LogP contribution is -2.33. The third kappa shape index (κ3) is 3.28. The second kappa shape index (κ2) is 6.03. The van der Waals surface area contributed by atoms with Crippen molar-refractivity contribution < 1.29 is 4.79 Å². The van der Waals surface area contributed by atoms with E-state index in [1.54, 1.807) is 18.2 Å². The number of nitrogens with zero attached hydrogens (tertiary/aromatic N) is 1. The molecule has 6 heteroatoms. The highest BCUT2D eigenvalue weighted by Gasteiger charge is 2.38. The maximum Gasteiger partial charge on any atom is 0.321 e. The molecule has 1 aromatic rings. The summed E-state index contributed by atoms with van der Waals surface area (Å²) in [6.07, 6.45) is 3.21. The number of hydrogen-bond donors (Lipinski definition) is 2. The predicted molar refractivity (Wildman–Crippen MR) is 85.9 cm³/mol. The maximum atomic E-state index is 12.4. The van der Waals surface area contributed by atoms with Gasteiger partial charge in [-0.15, -0.1) is 0 Å². The first-order valence-electron chi connectivity index (χ1n) is 7.29. The minimum Gasteiger partial charge on any atom is -0.328 e. The summed E-state index contributed by atoms with van der Waals surface area (Å²) in [5.74, 6) is 1.12. The van der Waals surface area contributed by atoms with Crippen LogP contribution in [-0.2, 0) is 0 Å². The molecule has 2 aliphatic rings. The smallest absolute Gasteiger partial charge is 0.321 e. The van der Waals surface area contributed by atoms with Crippen LogP contribution in [0.25, 0.3) is 0 Å². The first kappa shape index (κ1) is 14.9. The van der Waals surface area contributed by atoms with Crippen molar-refractivity contribution in [3.05, 3.63) is 28.2 Å². The van der Waals surface area contributed by atoms with E-state index < -0.39 is 0 Å². The molecule has 3 rings (SSSR count). The van der Waals surface area contributed by atoms with E-state index in [1.165, 1.54) is 0 Å². The summed E-state index contributed by atoms with van der Waals surface area (Å²) in [4.78, 5) is 14.3. The number of halogens is 2. The average molecular weight is 328 g/mol. The second-order valence-electron chi connectivity index (χ2n) is 6.05. The van der Waals surface area contributed by atoms with Crippen molar-refractivity contribution in [2.45, 2.75) is 25.3 Å². The SMILES string of the molecule is NC1CC[C@@H]2CN(C(=O)Nc3cc(Cl)ccc3Cl)C[C@@H]2C1. The van der Waals surface area contributed by atoms with Crippen LogP contribution in [-0.4, -0.2) is 30.1 Å². The molecule has 0 radical (unpaired) electrons. The molecule has 2 amide bonds. The van der Waals surface area contributed by atoms with Crippen LogP contribution in [0.1, 0.15) is 19.3 Å². The third-order valence-electron chi connectivity index (χ3n) is 4.55. The first-order chi connectivity index (χ1) is 10.0. The predicted octanol–water partition coefficient (Wildman–Crippen LogP) is 3.58. The van der Waals surface area contributed by atoms with Gasteiger partial charge in [0.05, 0.1) is 10.7 Å². The number of anilines is 1. The molecule has 3 N–H and O–H groups in total. The highest BCUT2D eigenvalue weighted by atomic mass is 35.5. The number of nitrogens with two attached hydrogens (primary N) is 1. The molecule has 4 nitrogen and oxygen atoms in total. The van der Waals surface area contributed by atoms with Crippen molar-refractivity contribution in [3.8, 4) is 0 Å². The lowest BCUT2D eigenvalue weighted by Gasteiger charge is -2.27. The van der Waals surface area contributed by atoms with Gasteiger partial charge in [0.15, 0.2) is 0 Å². The Morgan fingerprint density at radius 1 is 1.24 bits per heavy atom. The summed E-state index contributed by atoms with van der Waals surface area (Å²) in [5, 5.41) is 3.90. The van der Waals surface area contributed by atoms with E-state index in [9.17, 15) is 4.79 Å². The minimum atomic E-state index is -0.109. The lowest BCUT2D eigenvalue weighted by atomic mass is 9.79. The van der Waals surface area contributed by atoms with E-state index in [1.807, 2.05) is 4.90 Å². The Balaban J connectivity index is 1.65. The fourth-order valence-corrected chi connectivity index (χ4v) is 3.76. The molecule has 114 valence electrons. The normalized spacial score (nSPS) is 28.3. The summed E-state index contributed by atoms with van der Waals surface area (Å²) in [6, 6.07) is 5.23. The number of carbonyl (C=O) groups excluding carboxylic acids is 1. The van der Waals surface area contributed by atoms with E-state index in [0.29, 0.717) is 27.6 Å². The number of carbonyl (C=O) groups is 1. The van der Waals surface area contributed by atoms with Gasteiger partial charge in [-0.1, -0.05) is 23.2 Å². The van der Waals surface area contributed by atoms with Crippen LogP contribution < -0.4 is 11.1 Å². The van der Waals surface area contributed by atoms with Gasteiger partial charge in [0.1, 0.15) is 0 Å². The van der Waals surface area contributed by atoms with E-state index in [4.69, 9.17) is 28.9 Å². The molecule has 2 fully saturated rings. The number of rotatable bonds is 1. The number of fused-ring (bicyclic) bond motifs is 1. The van der Waals surface area contributed by atoms with Gasteiger partial charge >= 0.3 is 6.03 Å². The van der Waals surface area contributed by atoms with Crippen molar-refractivity contribution in [1.82, 2.24) is 4.90 Å². The molecule has 1 unspecified atom stereocenters. The van der Waals surface area contributed by atoms with E-state index >= 15 is 0 Å². The van der Waals surface area contributed by atoms with Gasteiger partial charge in [-0.25, -0.2) is 4.79 Å². The summed E-state index contributed by atoms with van der Waals surface area (Å²) in [5.41, 5.74) is 6.58. The van der Waals surface area contributed by atoms with Crippen LogP contribution in [0, 0.1) is 11.8 Å². The molecule has 1 heterocycles. The number of amides is 2. The van der Waals surface area contributed by atoms with E-state index in [-0.39, 0.29) is 12.1 Å². The standard InChI is InChI=1S/C15H19Cl2N3O/c16-11-2-4-13(17)14(6-11)19-15(21)20-7-9-1-3-12(18)5-10(9)8-20/h2,4,6,9-10,12H,1,3,5,7-8,18H2,(H,19,21)/t9-,10+,12?/m1/s1. The molecule has 1 aliphatic carbocycles. The van der Waals surface area contributed by atoms with Gasteiger partial charge in [-0.3, -0.25) is 0 Å². The van der Waals surface area contributed by atoms with Crippen LogP contribution in [0.3, 0.4) is 0 Å². The van der Waals surface area contributed by atoms with Crippen LogP contribution in [0.5, 0.6) is 0 Å². The summed E-state index contributed by atoms with van der Waals surface area (Å²) < 4.78 is 0. The van der Waals surface area contributed by atoms with Crippen LogP contribution in [0.15, 0.2) is 18.2 Å². The summed E-state index contributed by atoms with van der Waals surface area (Å²) >= 11 is 12.0. The minimum absolute atomic E-state index is 0.109. The van der Waals surface area contributed by atoms with Gasteiger partial charge < -0.3 is 16.0 Å². The number of benzene rings is 1. The highest BCUT2D eigenvalue weighted by Crippen LogP contribution is 2.36. The van der Waals surface area contributed by atoms with Gasteiger partial charge in [0.25, 0.3) is 0 Å². The first-order valence-corrected chi connectivity index (χ1v) is 8.05. The van der Waals surface area contributed by atoms with Crippen LogP contribution in [0.4, 0.5) is 10.5 Å². The van der Waals surface area contributed by atoms with Crippen molar-refractivity contribution in [2.24, 2.45) is 17.6 Å². The monoisotopic (exact) mass is 327 g/mol. The van der Waals surface area contributed by atoms with Crippen LogP contribution >= 0.6 is 23.2 Å². The largest absolute Gasteiger partial charge is 0.328 e. The fourth-order valence-electron chi connectivity index (χ4n) is 3.42. The Bertz CT molecular complexity index is 552. The Labute approximate surface area is 134 Å². The number of hydrogen-bond acceptors (Lipinski definition) is 2. The van der Waals surface area contributed by atoms with Gasteiger partial charge in [-0.2, -0.15) is 0 Å². The number of nitrogens with one attached hydrogen (secondary N) is 1. The van der Waals surface area contributed by atoms with Gasteiger partial charge in [0, 0.05) is 24.2 Å². The second-order valence-corrected chi connectivity index (χ2v) is 6.90. The molecule has 21 heavy (non-hydrogen) atoms. The molecule has 1 saturated heterocycles. The molecule has 0 bridgehead atoms. The van der Waals surface area contributed by atoms with Gasteiger partial charge in [0.2, 0.25) is 0 Å². The molecule has 1 saturated carbocycles. The van der Waals surface area contributed by atoms with Crippen LogP contribution in [0.2, 0.25) is 10.0 Å². The summed E-state index contributed by atoms with van der Waals surface area (Å²) in [7, 11) is 0. The molecular formula is C15H19Cl2N3O. The molecule has 1 aliphatic heterocycles. The van der Waals surface area contributed by atoms with E-state index in [2.05, 4.69) is 5.32 Å².